The summed E-state index contributed by atoms with van der Waals surface area (Å²) in [7, 11) is 0. The second kappa shape index (κ2) is 6.52. The van der Waals surface area contributed by atoms with E-state index < -0.39 is 0 Å². The number of aromatic hydroxyl groups is 1. The third kappa shape index (κ3) is 3.34. The lowest BCUT2D eigenvalue weighted by atomic mass is 10.1. The SMILES string of the molecule is CCCc1ccc2[nH]c(=O)c(CNc3ncccc3O)cc2c1. The fourth-order valence-corrected chi connectivity index (χ4v) is 2.59. The molecule has 0 aliphatic carbocycles. The first-order chi connectivity index (χ1) is 11.2. The standard InChI is InChI=1S/C18H19N3O2/c1-2-4-12-6-7-15-13(9-12)10-14(18(23)21-15)11-20-17-16(22)5-3-8-19-17/h3,5-10,22H,2,4,11H2,1H3,(H,19,20)(H,21,23). The van der Waals surface area contributed by atoms with Gasteiger partial charge in [0.2, 0.25) is 0 Å². The number of aromatic amines is 1. The quantitative estimate of drug-likeness (QED) is 0.676. The van der Waals surface area contributed by atoms with Crippen LogP contribution in [0.2, 0.25) is 0 Å². The third-order valence-electron chi connectivity index (χ3n) is 3.76. The zero-order chi connectivity index (χ0) is 16.2. The number of hydrogen-bond donors (Lipinski definition) is 3. The molecule has 5 heteroatoms. The van der Waals surface area contributed by atoms with E-state index in [0.717, 1.165) is 23.7 Å². The molecule has 3 N–H and O–H groups in total. The Labute approximate surface area is 134 Å². The van der Waals surface area contributed by atoms with Crippen LogP contribution in [-0.2, 0) is 13.0 Å². The van der Waals surface area contributed by atoms with E-state index >= 15 is 0 Å². The Hall–Kier alpha value is -2.82. The Kier molecular flexibility index (Phi) is 4.28. The van der Waals surface area contributed by atoms with Gasteiger partial charge in [-0.3, -0.25) is 4.79 Å². The molecule has 0 atom stereocenters. The summed E-state index contributed by atoms with van der Waals surface area (Å²) in [4.78, 5) is 19.1. The van der Waals surface area contributed by atoms with Gasteiger partial charge in [-0.05, 0) is 47.7 Å². The Morgan fingerprint density at radius 2 is 2.13 bits per heavy atom. The Bertz CT molecular complexity index is 887. The van der Waals surface area contributed by atoms with Crippen LogP contribution in [0.1, 0.15) is 24.5 Å². The number of hydrogen-bond acceptors (Lipinski definition) is 4. The number of nitrogens with zero attached hydrogens (tertiary/aromatic N) is 1. The van der Waals surface area contributed by atoms with E-state index in [1.807, 2.05) is 18.2 Å². The number of nitrogens with one attached hydrogen (secondary N) is 2. The van der Waals surface area contributed by atoms with Crippen molar-refractivity contribution in [1.82, 2.24) is 9.97 Å². The number of anilines is 1. The molecular formula is C18H19N3O2. The summed E-state index contributed by atoms with van der Waals surface area (Å²) in [5.41, 5.74) is 2.56. The molecule has 1 aromatic carbocycles. The van der Waals surface area contributed by atoms with Crippen LogP contribution < -0.4 is 10.9 Å². The molecule has 118 valence electrons. The lowest BCUT2D eigenvalue weighted by Gasteiger charge is -2.08. The van der Waals surface area contributed by atoms with Crippen LogP contribution in [0.25, 0.3) is 10.9 Å². The van der Waals surface area contributed by atoms with E-state index in [-0.39, 0.29) is 11.3 Å². The molecule has 0 aliphatic rings. The summed E-state index contributed by atoms with van der Waals surface area (Å²) >= 11 is 0. The third-order valence-corrected chi connectivity index (χ3v) is 3.76. The molecule has 0 amide bonds. The fraction of sp³-hybridized carbons (Fsp3) is 0.222. The number of fused-ring (bicyclic) bond motifs is 1. The van der Waals surface area contributed by atoms with Gasteiger partial charge in [-0.1, -0.05) is 19.4 Å². The van der Waals surface area contributed by atoms with Crippen LogP contribution in [-0.4, -0.2) is 15.1 Å². The molecular weight excluding hydrogens is 290 g/mol. The molecule has 5 nitrogen and oxygen atoms in total. The van der Waals surface area contributed by atoms with Crippen LogP contribution in [0.15, 0.2) is 47.4 Å². The predicted molar refractivity (Wildman–Crippen MR) is 91.8 cm³/mol. The molecule has 0 spiro atoms. The molecule has 0 radical (unpaired) electrons. The number of benzene rings is 1. The van der Waals surface area contributed by atoms with Gasteiger partial charge >= 0.3 is 0 Å². The van der Waals surface area contributed by atoms with Gasteiger partial charge in [0.1, 0.15) is 0 Å². The van der Waals surface area contributed by atoms with Crippen molar-refractivity contribution in [3.05, 3.63) is 64.1 Å². The molecule has 0 saturated heterocycles. The van der Waals surface area contributed by atoms with Crippen molar-refractivity contribution in [2.24, 2.45) is 0 Å². The highest BCUT2D eigenvalue weighted by Crippen LogP contribution is 2.19. The number of rotatable bonds is 5. The van der Waals surface area contributed by atoms with Crippen LogP contribution in [0.5, 0.6) is 5.75 Å². The van der Waals surface area contributed by atoms with Crippen molar-refractivity contribution in [3.63, 3.8) is 0 Å². The summed E-state index contributed by atoms with van der Waals surface area (Å²) in [5, 5.41) is 13.7. The molecule has 2 aromatic heterocycles. The highest BCUT2D eigenvalue weighted by atomic mass is 16.3. The molecule has 0 fully saturated rings. The van der Waals surface area contributed by atoms with Gasteiger partial charge in [0.25, 0.3) is 5.56 Å². The minimum atomic E-state index is -0.135. The van der Waals surface area contributed by atoms with Gasteiger partial charge in [-0.2, -0.15) is 0 Å². The molecule has 0 aliphatic heterocycles. The van der Waals surface area contributed by atoms with Gasteiger partial charge in [0.15, 0.2) is 11.6 Å². The van der Waals surface area contributed by atoms with E-state index in [4.69, 9.17) is 0 Å². The largest absolute Gasteiger partial charge is 0.504 e. The van der Waals surface area contributed by atoms with Gasteiger partial charge < -0.3 is 15.4 Å². The average molecular weight is 309 g/mol. The number of pyridine rings is 2. The maximum Gasteiger partial charge on any atom is 0.253 e. The van der Waals surface area contributed by atoms with Crippen LogP contribution in [0.4, 0.5) is 5.82 Å². The smallest absolute Gasteiger partial charge is 0.253 e. The van der Waals surface area contributed by atoms with Crippen molar-refractivity contribution < 1.29 is 5.11 Å². The van der Waals surface area contributed by atoms with E-state index in [0.29, 0.717) is 17.9 Å². The minimum Gasteiger partial charge on any atom is -0.504 e. The Morgan fingerprint density at radius 1 is 1.26 bits per heavy atom. The summed E-state index contributed by atoms with van der Waals surface area (Å²) in [6.45, 7) is 2.44. The number of H-pyrrole nitrogens is 1. The normalized spacial score (nSPS) is 10.8. The second-order valence-electron chi connectivity index (χ2n) is 5.52. The maximum absolute atomic E-state index is 12.2. The zero-order valence-electron chi connectivity index (χ0n) is 13.0. The molecule has 23 heavy (non-hydrogen) atoms. The van der Waals surface area contributed by atoms with Gasteiger partial charge in [-0.15, -0.1) is 0 Å². The van der Waals surface area contributed by atoms with Crippen LogP contribution in [0, 0.1) is 0 Å². The molecule has 3 aromatic rings. The van der Waals surface area contributed by atoms with Gasteiger partial charge in [0.05, 0.1) is 0 Å². The lowest BCUT2D eigenvalue weighted by Crippen LogP contribution is -2.16. The van der Waals surface area contributed by atoms with Crippen LogP contribution >= 0.6 is 0 Å². The van der Waals surface area contributed by atoms with Crippen molar-refractivity contribution in [1.29, 1.82) is 0 Å². The molecule has 3 rings (SSSR count). The summed E-state index contributed by atoms with van der Waals surface area (Å²) in [5.74, 6) is 0.432. The monoisotopic (exact) mass is 309 g/mol. The van der Waals surface area contributed by atoms with E-state index in [1.54, 1.807) is 18.3 Å². The van der Waals surface area contributed by atoms with Crippen molar-refractivity contribution in [2.75, 3.05) is 5.32 Å². The topological polar surface area (TPSA) is 78.0 Å². The Morgan fingerprint density at radius 3 is 2.91 bits per heavy atom. The number of aryl methyl sites for hydroxylation is 1. The summed E-state index contributed by atoms with van der Waals surface area (Å²) < 4.78 is 0. The van der Waals surface area contributed by atoms with E-state index in [9.17, 15) is 9.90 Å². The molecule has 0 saturated carbocycles. The van der Waals surface area contributed by atoms with Crippen LogP contribution in [0.3, 0.4) is 0 Å². The van der Waals surface area contributed by atoms with E-state index in [1.165, 1.54) is 5.56 Å². The second-order valence-corrected chi connectivity index (χ2v) is 5.52. The van der Waals surface area contributed by atoms with Crippen molar-refractivity contribution in [2.45, 2.75) is 26.3 Å². The molecule has 0 bridgehead atoms. The summed E-state index contributed by atoms with van der Waals surface area (Å²) in [6.07, 6.45) is 3.69. The first-order valence-electron chi connectivity index (χ1n) is 7.70. The van der Waals surface area contributed by atoms with Gasteiger partial charge in [0, 0.05) is 23.8 Å². The Balaban J connectivity index is 1.89. The number of aromatic nitrogens is 2. The van der Waals surface area contributed by atoms with Crippen molar-refractivity contribution in [3.8, 4) is 5.75 Å². The van der Waals surface area contributed by atoms with Gasteiger partial charge in [-0.25, -0.2) is 4.98 Å². The highest BCUT2D eigenvalue weighted by molar-refractivity contribution is 5.79. The predicted octanol–water partition coefficient (Wildman–Crippen LogP) is 3.19. The van der Waals surface area contributed by atoms with E-state index in [2.05, 4.69) is 28.3 Å². The first-order valence-corrected chi connectivity index (χ1v) is 7.70. The highest BCUT2D eigenvalue weighted by Gasteiger charge is 2.06. The zero-order valence-corrected chi connectivity index (χ0v) is 13.0. The maximum atomic E-state index is 12.2. The first kappa shape index (κ1) is 15.1. The average Bonchev–Trinajstić information content (AvgIpc) is 2.55. The van der Waals surface area contributed by atoms with Crippen molar-refractivity contribution >= 4 is 16.7 Å². The summed E-state index contributed by atoms with van der Waals surface area (Å²) in [6, 6.07) is 11.2. The lowest BCUT2D eigenvalue weighted by molar-refractivity contribution is 0.475. The fourth-order valence-electron chi connectivity index (χ4n) is 2.59. The molecule has 2 heterocycles. The minimum absolute atomic E-state index is 0.0648. The molecule has 0 unspecified atom stereocenters.